The molecule has 0 aromatic heterocycles. The van der Waals surface area contributed by atoms with Gasteiger partial charge in [-0.15, -0.1) is 0 Å². The zero-order valence-corrected chi connectivity index (χ0v) is 7.76. The lowest BCUT2D eigenvalue weighted by Gasteiger charge is -2.29. The van der Waals surface area contributed by atoms with E-state index in [9.17, 15) is 13.6 Å². The van der Waals surface area contributed by atoms with Crippen LogP contribution >= 0.6 is 0 Å². The fraction of sp³-hybridized carbons (Fsp3) is 0.889. The molecule has 0 bridgehead atoms. The fourth-order valence-corrected chi connectivity index (χ4v) is 1.87. The molecule has 1 amide bonds. The first-order valence-corrected chi connectivity index (χ1v) is 4.85. The van der Waals surface area contributed by atoms with Gasteiger partial charge in [-0.3, -0.25) is 4.79 Å². The lowest BCUT2D eigenvalue weighted by atomic mass is 10.0. The number of carbonyl (C=O) groups excluding carboxylic acids is 1. The third-order valence-corrected chi connectivity index (χ3v) is 2.81. The molecule has 1 aliphatic heterocycles. The Morgan fingerprint density at radius 1 is 1.43 bits per heavy atom. The zero-order chi connectivity index (χ0) is 10.2. The van der Waals surface area contributed by atoms with Gasteiger partial charge in [0.2, 0.25) is 5.91 Å². The Hall–Kier alpha value is -0.710. The smallest absolute Gasteiger partial charge is 0.259 e. The summed E-state index contributed by atoms with van der Waals surface area (Å²) in [5.74, 6) is -4.45. The van der Waals surface area contributed by atoms with E-state index in [2.05, 4.69) is 5.32 Å². The lowest BCUT2D eigenvalue weighted by Crippen LogP contribution is -2.52. The summed E-state index contributed by atoms with van der Waals surface area (Å²) >= 11 is 0. The van der Waals surface area contributed by atoms with E-state index in [0.717, 1.165) is 0 Å². The summed E-state index contributed by atoms with van der Waals surface area (Å²) in [6.45, 7) is 0.897. The fourth-order valence-electron chi connectivity index (χ4n) is 1.87. The van der Waals surface area contributed by atoms with Crippen molar-refractivity contribution < 1.29 is 18.3 Å². The van der Waals surface area contributed by atoms with Crippen LogP contribution in [0.3, 0.4) is 0 Å². The van der Waals surface area contributed by atoms with Crippen molar-refractivity contribution in [3.8, 4) is 0 Å². The monoisotopic (exact) mass is 205 g/mol. The Kier molecular flexibility index (Phi) is 2.43. The van der Waals surface area contributed by atoms with E-state index in [1.165, 1.54) is 0 Å². The highest BCUT2D eigenvalue weighted by molar-refractivity contribution is 5.80. The number of hydrogen-bond donors (Lipinski definition) is 1. The van der Waals surface area contributed by atoms with E-state index >= 15 is 0 Å². The molecule has 2 rings (SSSR count). The molecule has 3 nitrogen and oxygen atoms in total. The molecule has 1 aliphatic carbocycles. The van der Waals surface area contributed by atoms with Crippen molar-refractivity contribution in [2.45, 2.75) is 31.2 Å². The summed E-state index contributed by atoms with van der Waals surface area (Å²) in [5, 5.41) is 2.57. The summed E-state index contributed by atoms with van der Waals surface area (Å²) < 4.78 is 31.1. The Bertz CT molecular complexity index is 241. The molecule has 5 heteroatoms. The van der Waals surface area contributed by atoms with Gasteiger partial charge in [-0.25, -0.2) is 8.78 Å². The van der Waals surface area contributed by atoms with Crippen LogP contribution < -0.4 is 5.32 Å². The van der Waals surface area contributed by atoms with Gasteiger partial charge >= 0.3 is 0 Å². The molecular weight excluding hydrogens is 192 g/mol. The number of rotatable bonds is 2. The van der Waals surface area contributed by atoms with Crippen LogP contribution in [0.5, 0.6) is 0 Å². The number of ether oxygens (including phenoxy) is 1. The molecule has 1 saturated carbocycles. The summed E-state index contributed by atoms with van der Waals surface area (Å²) in [5.41, 5.74) is 0. The van der Waals surface area contributed by atoms with Gasteiger partial charge in [0.1, 0.15) is 5.92 Å². The third-order valence-electron chi connectivity index (χ3n) is 2.81. The van der Waals surface area contributed by atoms with Crippen LogP contribution in [0.25, 0.3) is 0 Å². The largest absolute Gasteiger partial charge is 0.377 e. The molecule has 1 N–H and O–H groups in total. The Labute approximate surface area is 80.8 Å². The molecule has 0 aromatic rings. The lowest BCUT2D eigenvalue weighted by molar-refractivity contribution is -0.140. The number of hydrogen-bond acceptors (Lipinski definition) is 2. The Morgan fingerprint density at radius 2 is 2.14 bits per heavy atom. The van der Waals surface area contributed by atoms with Crippen molar-refractivity contribution in [2.75, 3.05) is 13.2 Å². The van der Waals surface area contributed by atoms with Gasteiger partial charge in [-0.2, -0.15) is 0 Å². The molecule has 0 spiro atoms. The van der Waals surface area contributed by atoms with Crippen molar-refractivity contribution >= 4 is 5.91 Å². The quantitative estimate of drug-likeness (QED) is 0.728. The highest BCUT2D eigenvalue weighted by atomic mass is 19.3. The molecule has 1 saturated heterocycles. The number of alkyl halides is 2. The van der Waals surface area contributed by atoms with E-state index in [0.29, 0.717) is 26.1 Å². The summed E-state index contributed by atoms with van der Waals surface area (Å²) in [6, 6.07) is -0.0566. The molecule has 1 heterocycles. The van der Waals surface area contributed by atoms with Crippen molar-refractivity contribution in [3.63, 3.8) is 0 Å². The Balaban J connectivity index is 1.90. The van der Waals surface area contributed by atoms with Crippen LogP contribution in [0.1, 0.15) is 19.3 Å². The van der Waals surface area contributed by atoms with Gasteiger partial charge in [0.05, 0.1) is 19.3 Å². The van der Waals surface area contributed by atoms with Crippen molar-refractivity contribution in [2.24, 2.45) is 5.92 Å². The van der Waals surface area contributed by atoms with E-state index in [1.807, 2.05) is 0 Å². The van der Waals surface area contributed by atoms with E-state index in [1.54, 1.807) is 0 Å². The highest BCUT2D eigenvalue weighted by Crippen LogP contribution is 2.40. The number of halogens is 2. The normalized spacial score (nSPS) is 31.1. The minimum absolute atomic E-state index is 0.0566. The highest BCUT2D eigenvalue weighted by Gasteiger charge is 2.48. The second-order valence-corrected chi connectivity index (χ2v) is 3.95. The summed E-state index contributed by atoms with van der Waals surface area (Å²) in [7, 11) is 0. The molecular formula is C9H13F2NO2. The van der Waals surface area contributed by atoms with Crippen molar-refractivity contribution in [1.29, 1.82) is 0 Å². The van der Waals surface area contributed by atoms with E-state index in [-0.39, 0.29) is 12.5 Å². The van der Waals surface area contributed by atoms with E-state index < -0.39 is 17.7 Å². The van der Waals surface area contributed by atoms with Crippen molar-refractivity contribution in [3.05, 3.63) is 0 Å². The first-order valence-electron chi connectivity index (χ1n) is 4.85. The zero-order valence-electron chi connectivity index (χ0n) is 7.76. The number of carbonyl (C=O) groups is 1. The Morgan fingerprint density at radius 3 is 2.57 bits per heavy atom. The number of nitrogens with one attached hydrogen (secondary N) is 1. The maximum atomic E-state index is 13.1. The van der Waals surface area contributed by atoms with Crippen LogP contribution in [0.4, 0.5) is 8.78 Å². The van der Waals surface area contributed by atoms with Crippen LogP contribution in [0.15, 0.2) is 0 Å². The molecule has 2 aliphatic rings. The standard InChI is InChI=1S/C9H13F2NO2/c10-9(11)3-1-2-7(9)8(13)12-6-4-14-5-6/h6-7H,1-5H2,(H,12,13). The maximum Gasteiger partial charge on any atom is 0.259 e. The van der Waals surface area contributed by atoms with Gasteiger partial charge in [0.25, 0.3) is 5.92 Å². The SMILES string of the molecule is O=C(NC1COC1)C1CCCC1(F)F. The molecule has 0 radical (unpaired) electrons. The molecule has 1 atom stereocenters. The first kappa shape index (κ1) is 9.83. The van der Waals surface area contributed by atoms with E-state index in [4.69, 9.17) is 4.74 Å². The predicted molar refractivity (Wildman–Crippen MR) is 45.0 cm³/mol. The van der Waals surface area contributed by atoms with Crippen LogP contribution in [-0.4, -0.2) is 31.1 Å². The topological polar surface area (TPSA) is 38.3 Å². The second kappa shape index (κ2) is 3.46. The molecule has 14 heavy (non-hydrogen) atoms. The predicted octanol–water partition coefficient (Wildman–Crippen LogP) is 0.937. The third kappa shape index (κ3) is 1.73. The average molecular weight is 205 g/mol. The van der Waals surface area contributed by atoms with Crippen LogP contribution in [0, 0.1) is 5.92 Å². The summed E-state index contributed by atoms with van der Waals surface area (Å²) in [6.07, 6.45) is 0.574. The first-order chi connectivity index (χ1) is 6.59. The molecule has 0 aromatic carbocycles. The average Bonchev–Trinajstić information content (AvgIpc) is 2.37. The molecule has 80 valence electrons. The maximum absolute atomic E-state index is 13.1. The minimum Gasteiger partial charge on any atom is -0.377 e. The van der Waals surface area contributed by atoms with Gasteiger partial charge in [-0.05, 0) is 12.8 Å². The van der Waals surface area contributed by atoms with Crippen molar-refractivity contribution in [1.82, 2.24) is 5.32 Å². The number of amides is 1. The summed E-state index contributed by atoms with van der Waals surface area (Å²) in [4.78, 5) is 11.4. The van der Waals surface area contributed by atoms with Gasteiger partial charge in [0, 0.05) is 6.42 Å². The molecule has 2 fully saturated rings. The van der Waals surface area contributed by atoms with Gasteiger partial charge in [-0.1, -0.05) is 0 Å². The van der Waals surface area contributed by atoms with Crippen LogP contribution in [0.2, 0.25) is 0 Å². The van der Waals surface area contributed by atoms with Crippen LogP contribution in [-0.2, 0) is 9.53 Å². The minimum atomic E-state index is -2.81. The second-order valence-electron chi connectivity index (χ2n) is 3.95. The van der Waals surface area contributed by atoms with Gasteiger partial charge < -0.3 is 10.1 Å². The van der Waals surface area contributed by atoms with Gasteiger partial charge in [0.15, 0.2) is 0 Å². The molecule has 1 unspecified atom stereocenters.